The van der Waals surface area contributed by atoms with Gasteiger partial charge in [0.2, 0.25) is 5.91 Å². The fourth-order valence-corrected chi connectivity index (χ4v) is 2.83. The van der Waals surface area contributed by atoms with E-state index in [9.17, 15) is 4.79 Å². The quantitative estimate of drug-likeness (QED) is 0.872. The maximum Gasteiger partial charge on any atom is 0.224 e. The number of hydrogen-bond acceptors (Lipinski definition) is 2. The van der Waals surface area contributed by atoms with E-state index in [4.69, 9.17) is 23.2 Å². The zero-order chi connectivity index (χ0) is 14.5. The van der Waals surface area contributed by atoms with Crippen LogP contribution in [0, 0.1) is 0 Å². The van der Waals surface area contributed by atoms with Gasteiger partial charge in [-0.25, -0.2) is 0 Å². The van der Waals surface area contributed by atoms with Gasteiger partial charge in [0, 0.05) is 25.6 Å². The number of nitrogens with one attached hydrogen (secondary N) is 1. The molecule has 118 valence electrons. The Labute approximate surface area is 142 Å². The molecule has 1 aliphatic rings. The van der Waals surface area contributed by atoms with E-state index in [2.05, 4.69) is 5.32 Å². The second kappa shape index (κ2) is 8.84. The van der Waals surface area contributed by atoms with Crippen LogP contribution in [-0.4, -0.2) is 29.9 Å². The molecule has 1 aromatic rings. The number of benzene rings is 1. The Morgan fingerprint density at radius 1 is 1.38 bits per heavy atom. The molecule has 0 spiro atoms. The van der Waals surface area contributed by atoms with Gasteiger partial charge in [-0.1, -0.05) is 29.3 Å². The number of rotatable bonds is 5. The molecule has 2 rings (SSSR count). The molecular weight excluding hydrogens is 331 g/mol. The molecule has 21 heavy (non-hydrogen) atoms. The van der Waals surface area contributed by atoms with Crippen LogP contribution < -0.4 is 5.32 Å². The summed E-state index contributed by atoms with van der Waals surface area (Å²) in [6.07, 6.45) is 2.84. The summed E-state index contributed by atoms with van der Waals surface area (Å²) in [6.45, 7) is 4.30. The number of halogens is 3. The Balaban J connectivity index is 0.00000220. The van der Waals surface area contributed by atoms with Crippen molar-refractivity contribution in [2.45, 2.75) is 38.8 Å². The van der Waals surface area contributed by atoms with E-state index in [1.54, 1.807) is 6.07 Å². The average Bonchev–Trinajstić information content (AvgIpc) is 2.92. The Hall–Kier alpha value is -0.480. The van der Waals surface area contributed by atoms with Crippen molar-refractivity contribution in [1.82, 2.24) is 10.2 Å². The van der Waals surface area contributed by atoms with Crippen LogP contribution in [0.15, 0.2) is 18.2 Å². The van der Waals surface area contributed by atoms with Crippen LogP contribution in [0.2, 0.25) is 10.0 Å². The van der Waals surface area contributed by atoms with Gasteiger partial charge in [0.05, 0.1) is 10.0 Å². The van der Waals surface area contributed by atoms with Crippen molar-refractivity contribution in [3.05, 3.63) is 33.8 Å². The lowest BCUT2D eigenvalue weighted by molar-refractivity contribution is -0.132. The highest BCUT2D eigenvalue weighted by atomic mass is 35.5. The number of carbonyl (C=O) groups is 1. The maximum absolute atomic E-state index is 12.3. The van der Waals surface area contributed by atoms with Crippen molar-refractivity contribution in [2.75, 3.05) is 13.1 Å². The van der Waals surface area contributed by atoms with Gasteiger partial charge in [-0.05, 0) is 44.0 Å². The van der Waals surface area contributed by atoms with Crippen LogP contribution in [0.25, 0.3) is 0 Å². The molecular formula is C15H21Cl3N2O. The third kappa shape index (κ3) is 5.33. The first-order valence-electron chi connectivity index (χ1n) is 7.05. The summed E-state index contributed by atoms with van der Waals surface area (Å²) in [7, 11) is 0. The first-order valence-corrected chi connectivity index (χ1v) is 7.81. The highest BCUT2D eigenvalue weighted by Crippen LogP contribution is 2.23. The van der Waals surface area contributed by atoms with E-state index in [1.165, 1.54) is 0 Å². The molecule has 1 aromatic carbocycles. The minimum absolute atomic E-state index is 0. The predicted octanol–water partition coefficient (Wildman–Crippen LogP) is 3.91. The van der Waals surface area contributed by atoms with E-state index < -0.39 is 0 Å². The Bertz CT molecular complexity index is 476. The van der Waals surface area contributed by atoms with Gasteiger partial charge in [-0.15, -0.1) is 12.4 Å². The number of nitrogens with zero attached hydrogens (tertiary/aromatic N) is 1. The van der Waals surface area contributed by atoms with Gasteiger partial charge in [0.15, 0.2) is 0 Å². The molecule has 1 amide bonds. The molecule has 6 heteroatoms. The van der Waals surface area contributed by atoms with E-state index in [-0.39, 0.29) is 18.3 Å². The van der Waals surface area contributed by atoms with Crippen LogP contribution in [0.1, 0.15) is 31.7 Å². The van der Waals surface area contributed by atoms with Crippen LogP contribution in [0.5, 0.6) is 0 Å². The lowest BCUT2D eigenvalue weighted by Crippen LogP contribution is -2.35. The normalized spacial score (nSPS) is 17.4. The Kier molecular flexibility index (Phi) is 7.82. The third-order valence-corrected chi connectivity index (χ3v) is 4.41. The summed E-state index contributed by atoms with van der Waals surface area (Å²) in [5, 5.41) is 4.43. The Morgan fingerprint density at radius 2 is 2.14 bits per heavy atom. The summed E-state index contributed by atoms with van der Waals surface area (Å²) in [5.74, 6) is 0.193. The van der Waals surface area contributed by atoms with Gasteiger partial charge in [-0.3, -0.25) is 4.79 Å². The number of hydrogen-bond donors (Lipinski definition) is 1. The van der Waals surface area contributed by atoms with E-state index in [0.717, 1.165) is 24.9 Å². The molecule has 1 aliphatic heterocycles. The largest absolute Gasteiger partial charge is 0.339 e. The van der Waals surface area contributed by atoms with E-state index in [0.29, 0.717) is 35.6 Å². The van der Waals surface area contributed by atoms with Crippen molar-refractivity contribution < 1.29 is 4.79 Å². The summed E-state index contributed by atoms with van der Waals surface area (Å²) in [6, 6.07) is 5.85. The summed E-state index contributed by atoms with van der Waals surface area (Å²) >= 11 is 11.9. The van der Waals surface area contributed by atoms with Crippen molar-refractivity contribution in [1.29, 1.82) is 0 Å². The molecule has 0 radical (unpaired) electrons. The van der Waals surface area contributed by atoms with Crippen molar-refractivity contribution >= 4 is 41.5 Å². The van der Waals surface area contributed by atoms with Crippen molar-refractivity contribution in [3.8, 4) is 0 Å². The minimum Gasteiger partial charge on any atom is -0.339 e. The molecule has 3 nitrogen and oxygen atoms in total. The topological polar surface area (TPSA) is 32.3 Å². The van der Waals surface area contributed by atoms with Gasteiger partial charge in [0.1, 0.15) is 0 Å². The molecule has 0 aliphatic carbocycles. The van der Waals surface area contributed by atoms with Crippen LogP contribution >= 0.6 is 35.6 Å². The SMILES string of the molecule is CCN(Cc1ccc(Cl)c(Cl)c1)C(=O)CC1CCCN1.Cl. The lowest BCUT2D eigenvalue weighted by atomic mass is 10.1. The smallest absolute Gasteiger partial charge is 0.224 e. The zero-order valence-electron chi connectivity index (χ0n) is 12.1. The predicted molar refractivity (Wildman–Crippen MR) is 90.4 cm³/mol. The molecule has 1 atom stereocenters. The van der Waals surface area contributed by atoms with Gasteiger partial charge in [-0.2, -0.15) is 0 Å². The van der Waals surface area contributed by atoms with Crippen molar-refractivity contribution in [3.63, 3.8) is 0 Å². The minimum atomic E-state index is 0. The van der Waals surface area contributed by atoms with Crippen LogP contribution in [0.4, 0.5) is 0 Å². The monoisotopic (exact) mass is 350 g/mol. The van der Waals surface area contributed by atoms with Crippen molar-refractivity contribution in [2.24, 2.45) is 0 Å². The molecule has 1 unspecified atom stereocenters. The van der Waals surface area contributed by atoms with Gasteiger partial charge < -0.3 is 10.2 Å². The molecule has 1 fully saturated rings. The molecule has 1 saturated heterocycles. The van der Waals surface area contributed by atoms with E-state index >= 15 is 0 Å². The highest BCUT2D eigenvalue weighted by Gasteiger charge is 2.21. The molecule has 0 bridgehead atoms. The first kappa shape index (κ1) is 18.6. The molecule has 0 saturated carbocycles. The fraction of sp³-hybridized carbons (Fsp3) is 0.533. The highest BCUT2D eigenvalue weighted by molar-refractivity contribution is 6.42. The summed E-state index contributed by atoms with van der Waals surface area (Å²) in [4.78, 5) is 14.2. The lowest BCUT2D eigenvalue weighted by Gasteiger charge is -2.23. The maximum atomic E-state index is 12.3. The number of carbonyl (C=O) groups excluding carboxylic acids is 1. The summed E-state index contributed by atoms with van der Waals surface area (Å²) in [5.41, 5.74) is 1.01. The molecule has 0 aromatic heterocycles. The number of amides is 1. The van der Waals surface area contributed by atoms with Gasteiger partial charge >= 0.3 is 0 Å². The van der Waals surface area contributed by atoms with Gasteiger partial charge in [0.25, 0.3) is 0 Å². The summed E-state index contributed by atoms with van der Waals surface area (Å²) < 4.78 is 0. The second-order valence-electron chi connectivity index (χ2n) is 5.15. The standard InChI is InChI=1S/C15H20Cl2N2O.ClH/c1-2-19(15(20)9-12-4-3-7-18-12)10-11-5-6-13(16)14(17)8-11;/h5-6,8,12,18H,2-4,7,9-10H2,1H3;1H. The first-order chi connectivity index (χ1) is 9.60. The van der Waals surface area contributed by atoms with Crippen LogP contribution in [0.3, 0.4) is 0 Å². The fourth-order valence-electron chi connectivity index (χ4n) is 2.51. The second-order valence-corrected chi connectivity index (χ2v) is 5.97. The average molecular weight is 352 g/mol. The molecule has 1 N–H and O–H groups in total. The zero-order valence-corrected chi connectivity index (χ0v) is 14.4. The molecule has 1 heterocycles. The van der Waals surface area contributed by atoms with E-state index in [1.807, 2.05) is 24.0 Å². The third-order valence-electron chi connectivity index (χ3n) is 3.68. The van der Waals surface area contributed by atoms with Crippen LogP contribution in [-0.2, 0) is 11.3 Å². The Morgan fingerprint density at radius 3 is 2.71 bits per heavy atom.